The van der Waals surface area contributed by atoms with Gasteiger partial charge in [0.25, 0.3) is 0 Å². The molecule has 0 amide bonds. The van der Waals surface area contributed by atoms with Crippen LogP contribution in [-0.4, -0.2) is 68.5 Å². The van der Waals surface area contributed by atoms with E-state index in [0.29, 0.717) is 33.5 Å². The van der Waals surface area contributed by atoms with Crippen molar-refractivity contribution >= 4 is 34.6 Å². The molecule has 0 atom stereocenters. The Morgan fingerprint density at radius 1 is 0.865 bits per heavy atom. The fraction of sp³-hybridized carbons (Fsp3) is 0.357. The zero-order valence-corrected chi connectivity index (χ0v) is 31.5. The zero-order chi connectivity index (χ0) is 36.2. The summed E-state index contributed by atoms with van der Waals surface area (Å²) in [6.45, 7) is 4.29. The summed E-state index contributed by atoms with van der Waals surface area (Å²) < 4.78 is 16.6. The number of phenols is 1. The lowest BCUT2D eigenvalue weighted by molar-refractivity contribution is 0.202. The lowest BCUT2D eigenvalue weighted by Gasteiger charge is -2.40. The smallest absolute Gasteiger partial charge is 0.141 e. The number of ether oxygens (including phenoxy) is 3. The Balaban J connectivity index is 1.06. The van der Waals surface area contributed by atoms with Crippen molar-refractivity contribution in [3.05, 3.63) is 111 Å². The molecule has 4 aromatic rings. The molecule has 7 rings (SSSR count). The number of dihydropyridines is 1. The van der Waals surface area contributed by atoms with Crippen molar-refractivity contribution in [2.45, 2.75) is 50.6 Å². The third-order valence-electron chi connectivity index (χ3n) is 10.7. The number of pyridine rings is 1. The quantitative estimate of drug-likeness (QED) is 0.149. The van der Waals surface area contributed by atoms with Crippen molar-refractivity contribution in [1.29, 1.82) is 0 Å². The number of nitrogens with one attached hydrogen (secondary N) is 1. The van der Waals surface area contributed by atoms with Gasteiger partial charge in [-0.2, -0.15) is 0 Å². The lowest BCUT2D eigenvalue weighted by Crippen LogP contribution is -2.45. The molecule has 1 saturated carbocycles. The second-order valence-electron chi connectivity index (χ2n) is 13.8. The number of rotatable bonds is 12. The number of likely N-dealkylation sites (tertiary alicyclic amines) is 1. The Morgan fingerprint density at radius 3 is 2.25 bits per heavy atom. The van der Waals surface area contributed by atoms with E-state index in [9.17, 15) is 5.11 Å². The van der Waals surface area contributed by atoms with Gasteiger partial charge in [0.1, 0.15) is 28.0 Å². The molecule has 52 heavy (non-hydrogen) atoms. The topological polar surface area (TPSA) is 79.3 Å². The highest BCUT2D eigenvalue weighted by Gasteiger charge is 2.27. The number of aromatic nitrogens is 1. The first kappa shape index (κ1) is 36.0. The molecule has 0 bridgehead atoms. The summed E-state index contributed by atoms with van der Waals surface area (Å²) in [7, 11) is 4.93. The molecule has 2 N–H and O–H groups in total. The van der Waals surface area contributed by atoms with Gasteiger partial charge in [-0.05, 0) is 115 Å². The van der Waals surface area contributed by atoms with Gasteiger partial charge in [0.2, 0.25) is 0 Å². The highest BCUT2D eigenvalue weighted by molar-refractivity contribution is 6.33. The summed E-state index contributed by atoms with van der Waals surface area (Å²) in [5.41, 5.74) is 8.40. The number of benzene rings is 3. The van der Waals surface area contributed by atoms with Gasteiger partial charge in [0.15, 0.2) is 0 Å². The molecular weight excluding hydrogens is 695 g/mol. The number of aromatic hydroxyl groups is 1. The molecule has 2 aliphatic heterocycles. The maximum absolute atomic E-state index is 10.6. The third kappa shape index (κ3) is 7.85. The van der Waals surface area contributed by atoms with Gasteiger partial charge in [-0.3, -0.25) is 9.88 Å². The minimum Gasteiger partial charge on any atom is -0.506 e. The average Bonchev–Trinajstić information content (AvgIpc) is 3.15. The molecule has 0 unspecified atom stereocenters. The van der Waals surface area contributed by atoms with Gasteiger partial charge in [-0.25, -0.2) is 0 Å². The van der Waals surface area contributed by atoms with Gasteiger partial charge < -0.3 is 29.5 Å². The lowest BCUT2D eigenvalue weighted by atomic mass is 9.79. The van der Waals surface area contributed by atoms with E-state index in [2.05, 4.69) is 62.6 Å². The predicted octanol–water partition coefficient (Wildman–Crippen LogP) is 9.10. The summed E-state index contributed by atoms with van der Waals surface area (Å²) >= 11 is 13.0. The molecule has 3 aromatic carbocycles. The molecule has 0 radical (unpaired) electrons. The van der Waals surface area contributed by atoms with Crippen molar-refractivity contribution in [2.24, 2.45) is 0 Å². The molecule has 8 nitrogen and oxygen atoms in total. The second-order valence-corrected chi connectivity index (χ2v) is 14.6. The standard InChI is InChI=1S/C42H46Cl2N4O4/c1-50-34-9-7-32(8-10-34)48(26-28-12-16-46-37(20-28)31-23-39(51-2)42(44)40(24-31)52-3)33-13-17-47(18-14-33)25-27-11-15-45-36(19-27)30-21-35(29-5-4-6-29)41(43)38(49)22-30/h7-12,15,19-24,29,33,46,49H,4-6,13-14,16-18,25-26H2,1-3H3. The van der Waals surface area contributed by atoms with E-state index in [1.165, 1.54) is 23.2 Å². The molecular formula is C42H46Cl2N4O4. The van der Waals surface area contributed by atoms with E-state index in [0.717, 1.165) is 92.2 Å². The molecule has 3 heterocycles. The number of halogens is 2. The molecule has 1 saturated heterocycles. The van der Waals surface area contributed by atoms with Crippen LogP contribution in [-0.2, 0) is 6.54 Å². The van der Waals surface area contributed by atoms with Gasteiger partial charge in [0.05, 0.1) is 32.0 Å². The van der Waals surface area contributed by atoms with Crippen LogP contribution in [0.2, 0.25) is 10.0 Å². The van der Waals surface area contributed by atoms with Crippen molar-refractivity contribution in [3.63, 3.8) is 0 Å². The molecule has 0 spiro atoms. The van der Waals surface area contributed by atoms with Gasteiger partial charge in [-0.15, -0.1) is 0 Å². The molecule has 1 aromatic heterocycles. The largest absolute Gasteiger partial charge is 0.506 e. The van der Waals surface area contributed by atoms with Crippen molar-refractivity contribution < 1.29 is 19.3 Å². The van der Waals surface area contributed by atoms with Gasteiger partial charge in [0, 0.05) is 67.5 Å². The number of piperidine rings is 1. The Labute approximate surface area is 316 Å². The fourth-order valence-electron chi connectivity index (χ4n) is 7.48. The zero-order valence-electron chi connectivity index (χ0n) is 30.0. The van der Waals surface area contributed by atoms with E-state index in [4.69, 9.17) is 37.4 Å². The van der Waals surface area contributed by atoms with Crippen LogP contribution in [0.3, 0.4) is 0 Å². The summed E-state index contributed by atoms with van der Waals surface area (Å²) in [5, 5.41) is 15.1. The highest BCUT2D eigenvalue weighted by atomic mass is 35.5. The van der Waals surface area contributed by atoms with Crippen LogP contribution in [0.5, 0.6) is 23.0 Å². The van der Waals surface area contributed by atoms with Crippen LogP contribution in [0.1, 0.15) is 54.7 Å². The van der Waals surface area contributed by atoms with Crippen LogP contribution in [0.25, 0.3) is 17.0 Å². The van der Waals surface area contributed by atoms with Gasteiger partial charge in [-0.1, -0.05) is 35.7 Å². The van der Waals surface area contributed by atoms with Crippen LogP contribution in [0.15, 0.2) is 84.6 Å². The highest BCUT2D eigenvalue weighted by Crippen LogP contribution is 2.44. The van der Waals surface area contributed by atoms with Crippen LogP contribution >= 0.6 is 23.2 Å². The molecule has 2 fully saturated rings. The monoisotopic (exact) mass is 740 g/mol. The first-order chi connectivity index (χ1) is 25.3. The number of anilines is 1. The number of nitrogens with zero attached hydrogens (tertiary/aromatic N) is 3. The summed E-state index contributed by atoms with van der Waals surface area (Å²) in [4.78, 5) is 9.75. The number of hydrogen-bond acceptors (Lipinski definition) is 8. The number of hydrogen-bond donors (Lipinski definition) is 2. The Morgan fingerprint density at radius 2 is 1.60 bits per heavy atom. The third-order valence-corrected chi connectivity index (χ3v) is 11.4. The maximum atomic E-state index is 10.6. The first-order valence-electron chi connectivity index (χ1n) is 18.0. The summed E-state index contributed by atoms with van der Waals surface area (Å²) in [5.74, 6) is 2.55. The van der Waals surface area contributed by atoms with Gasteiger partial charge >= 0.3 is 0 Å². The number of methoxy groups -OCH3 is 3. The summed E-state index contributed by atoms with van der Waals surface area (Å²) in [6.07, 6.45) is 11.9. The van der Waals surface area contributed by atoms with E-state index in [1.807, 2.05) is 30.5 Å². The molecule has 3 aliphatic rings. The van der Waals surface area contributed by atoms with E-state index in [-0.39, 0.29) is 5.75 Å². The predicted molar refractivity (Wildman–Crippen MR) is 210 cm³/mol. The number of phenolic OH excluding ortho intramolecular Hbond substituents is 1. The Bertz CT molecular complexity index is 1930. The Hall–Kier alpha value is -4.37. The van der Waals surface area contributed by atoms with Crippen molar-refractivity contribution in [1.82, 2.24) is 15.2 Å². The van der Waals surface area contributed by atoms with Crippen molar-refractivity contribution in [2.75, 3.05) is 52.4 Å². The van der Waals surface area contributed by atoms with Crippen LogP contribution < -0.4 is 24.4 Å². The molecule has 272 valence electrons. The summed E-state index contributed by atoms with van der Waals surface area (Å²) in [6, 6.07) is 20.8. The van der Waals surface area contributed by atoms with E-state index < -0.39 is 0 Å². The van der Waals surface area contributed by atoms with Crippen LogP contribution in [0, 0.1) is 0 Å². The first-order valence-corrected chi connectivity index (χ1v) is 18.8. The van der Waals surface area contributed by atoms with E-state index >= 15 is 0 Å². The molecule has 1 aliphatic carbocycles. The second kappa shape index (κ2) is 16.1. The fourth-order valence-corrected chi connectivity index (χ4v) is 8.01. The van der Waals surface area contributed by atoms with Crippen molar-refractivity contribution in [3.8, 4) is 34.3 Å². The average molecular weight is 742 g/mol. The van der Waals surface area contributed by atoms with Crippen LogP contribution in [0.4, 0.5) is 5.69 Å². The SMILES string of the molecule is COc1ccc(N(CC2=CCNC(c3cc(OC)c(Cl)c(OC)c3)=C2)C2CCN(Cc3ccnc(-c4cc(O)c(Cl)c(C5CCC5)c4)c3)CC2)cc1. The minimum atomic E-state index is 0.133. The minimum absolute atomic E-state index is 0.133. The Kier molecular flexibility index (Phi) is 11.2. The molecule has 10 heteroatoms. The maximum Gasteiger partial charge on any atom is 0.141 e. The van der Waals surface area contributed by atoms with E-state index in [1.54, 1.807) is 27.4 Å². The normalized spacial score (nSPS) is 16.7.